The number of phenols is 1. The highest BCUT2D eigenvalue weighted by Crippen LogP contribution is 2.44. The molecule has 6 heterocycles. The third-order valence-electron chi connectivity index (χ3n) is 13.9. The predicted molar refractivity (Wildman–Crippen MR) is 249 cm³/mol. The second kappa shape index (κ2) is 18.7. The number of phenolic OH excluding ortho intramolecular Hbond substituents is 1. The van der Waals surface area contributed by atoms with Crippen molar-refractivity contribution >= 4 is 40.5 Å². The van der Waals surface area contributed by atoms with Crippen molar-refractivity contribution in [3.63, 3.8) is 0 Å². The molecule has 4 aliphatic heterocycles. The first-order chi connectivity index (χ1) is 31.5. The Balaban J connectivity index is 1.19. The van der Waals surface area contributed by atoms with E-state index in [4.69, 9.17) is 14.6 Å². The lowest BCUT2D eigenvalue weighted by Gasteiger charge is -2.37. The van der Waals surface area contributed by atoms with Crippen molar-refractivity contribution in [2.24, 2.45) is 17.3 Å². The van der Waals surface area contributed by atoms with Crippen molar-refractivity contribution in [2.75, 3.05) is 40.4 Å². The lowest BCUT2D eigenvalue weighted by Crippen LogP contribution is -2.62. The van der Waals surface area contributed by atoms with E-state index in [1.807, 2.05) is 36.9 Å². The number of hydrogen-bond donors (Lipinski definition) is 3. The van der Waals surface area contributed by atoms with Crippen LogP contribution < -0.4 is 10.7 Å². The van der Waals surface area contributed by atoms with E-state index < -0.39 is 47.2 Å². The molecule has 352 valence electrons. The van der Waals surface area contributed by atoms with Crippen LogP contribution in [-0.2, 0) is 59.4 Å². The first kappa shape index (κ1) is 46.5. The van der Waals surface area contributed by atoms with Gasteiger partial charge in [0, 0.05) is 75.2 Å². The average Bonchev–Trinajstić information content (AvgIpc) is 4.10. The minimum Gasteiger partial charge on any atom is -0.508 e. The van der Waals surface area contributed by atoms with Gasteiger partial charge in [-0.05, 0) is 97.5 Å². The molecule has 2 fully saturated rings. The van der Waals surface area contributed by atoms with Crippen molar-refractivity contribution in [2.45, 2.75) is 110 Å². The number of aryl methyl sites for hydroxylation is 2. The molecule has 2 aromatic carbocycles. The Morgan fingerprint density at radius 1 is 1.09 bits per heavy atom. The summed E-state index contributed by atoms with van der Waals surface area (Å²) in [6.45, 7) is 16.0. The highest BCUT2D eigenvalue weighted by Gasteiger charge is 2.40. The van der Waals surface area contributed by atoms with Crippen LogP contribution in [0.1, 0.15) is 83.2 Å². The third-order valence-corrected chi connectivity index (χ3v) is 13.9. The summed E-state index contributed by atoms with van der Waals surface area (Å²) in [7, 11) is 3.32. The lowest BCUT2D eigenvalue weighted by atomic mass is 9.84. The van der Waals surface area contributed by atoms with Gasteiger partial charge in [-0.3, -0.25) is 33.7 Å². The molecule has 2 saturated heterocycles. The number of nitrogens with one attached hydrogen (secondary N) is 2. The molecule has 4 aliphatic rings. The van der Waals surface area contributed by atoms with Gasteiger partial charge < -0.3 is 34.3 Å². The van der Waals surface area contributed by atoms with Crippen LogP contribution in [0.25, 0.3) is 33.3 Å². The van der Waals surface area contributed by atoms with E-state index in [0.717, 1.165) is 57.5 Å². The number of esters is 1. The van der Waals surface area contributed by atoms with Crippen LogP contribution in [-0.4, -0.2) is 122 Å². The smallest absolute Gasteiger partial charge is 0.324 e. The fourth-order valence-corrected chi connectivity index (χ4v) is 10.6. The van der Waals surface area contributed by atoms with Gasteiger partial charge in [-0.15, -0.1) is 0 Å². The summed E-state index contributed by atoms with van der Waals surface area (Å²) in [5, 5.41) is 21.5. The van der Waals surface area contributed by atoms with Gasteiger partial charge in [0.05, 0.1) is 30.1 Å². The standard InChI is InChI=1S/C50H64N8O8/c1-9-42(60)55-18-15-32(27-55)47(62)54(7)43(29(3)4)46(61)52-39-22-30-20-33(23-34(59)21-30)31-13-14-40-35(24-31)36(44(56(40)10-2)37-26-51-57-19-16-41(65-8)45(37)57)25-50(5,6)28-66-49(64)38-12-11-17-58(53-38)48(39)63/h9,13-14,20-21,23-24,26,29,32,38-39,41,43,53,59H,1,10-12,15-19,22,25,27-28H2,2-8H3,(H,52,61)/t32-,38-,39-,41-,43?/m0/s1. The number of aromatic nitrogens is 3. The van der Waals surface area contributed by atoms with Gasteiger partial charge >= 0.3 is 5.97 Å². The number of amides is 4. The number of likely N-dealkylation sites (N-methyl/N-ethyl adjacent to an activating group) is 1. The summed E-state index contributed by atoms with van der Waals surface area (Å²) in [4.78, 5) is 72.4. The number of aromatic hydroxyl groups is 1. The maximum atomic E-state index is 14.7. The van der Waals surface area contributed by atoms with Gasteiger partial charge in [0.25, 0.3) is 5.91 Å². The summed E-state index contributed by atoms with van der Waals surface area (Å²) in [6, 6.07) is 8.58. The zero-order valence-electron chi connectivity index (χ0n) is 39.3. The molecule has 6 bridgehead atoms. The zero-order chi connectivity index (χ0) is 47.2. The van der Waals surface area contributed by atoms with E-state index >= 15 is 0 Å². The van der Waals surface area contributed by atoms with Gasteiger partial charge in [0.1, 0.15) is 30.0 Å². The Hall–Kier alpha value is -6.00. The number of ether oxygens (including phenoxy) is 2. The molecule has 1 unspecified atom stereocenters. The van der Waals surface area contributed by atoms with Crippen molar-refractivity contribution < 1.29 is 38.6 Å². The number of cyclic esters (lactones) is 1. The molecule has 16 nitrogen and oxygen atoms in total. The van der Waals surface area contributed by atoms with Gasteiger partial charge in [-0.2, -0.15) is 5.10 Å². The molecule has 8 rings (SSSR count). The lowest BCUT2D eigenvalue weighted by molar-refractivity contribution is -0.155. The minimum atomic E-state index is -1.16. The number of hydrogen-bond acceptors (Lipinski definition) is 10. The van der Waals surface area contributed by atoms with Crippen LogP contribution >= 0.6 is 0 Å². The third kappa shape index (κ3) is 8.96. The van der Waals surface area contributed by atoms with Crippen LogP contribution in [0.2, 0.25) is 0 Å². The molecule has 3 N–H and O–H groups in total. The van der Waals surface area contributed by atoms with E-state index in [1.165, 1.54) is 16.0 Å². The first-order valence-electron chi connectivity index (χ1n) is 23.3. The first-order valence-corrected chi connectivity index (χ1v) is 23.3. The van der Waals surface area contributed by atoms with Crippen LogP contribution in [0.15, 0.2) is 55.3 Å². The Bertz CT molecular complexity index is 2560. The van der Waals surface area contributed by atoms with Gasteiger partial charge in [-0.25, -0.2) is 5.43 Å². The maximum absolute atomic E-state index is 14.7. The van der Waals surface area contributed by atoms with E-state index in [0.29, 0.717) is 44.3 Å². The van der Waals surface area contributed by atoms with E-state index in [9.17, 15) is 29.1 Å². The molecule has 0 saturated carbocycles. The van der Waals surface area contributed by atoms with Crippen LogP contribution in [0.4, 0.5) is 0 Å². The largest absolute Gasteiger partial charge is 0.508 e. The summed E-state index contributed by atoms with van der Waals surface area (Å²) < 4.78 is 16.4. The second-order valence-corrected chi connectivity index (χ2v) is 19.5. The highest BCUT2D eigenvalue weighted by atomic mass is 16.5. The molecule has 16 heteroatoms. The Labute approximate surface area is 386 Å². The topological polar surface area (TPSA) is 181 Å². The summed E-state index contributed by atoms with van der Waals surface area (Å²) in [5.74, 6) is -2.83. The van der Waals surface area contributed by atoms with Crippen molar-refractivity contribution in [1.29, 1.82) is 0 Å². The highest BCUT2D eigenvalue weighted by molar-refractivity contribution is 5.96. The molecule has 4 amide bonds. The van der Waals surface area contributed by atoms with Crippen molar-refractivity contribution in [3.05, 3.63) is 72.1 Å². The van der Waals surface area contributed by atoms with Crippen LogP contribution in [0.3, 0.4) is 0 Å². The molecule has 0 aliphatic carbocycles. The number of carbonyl (C=O) groups is 5. The van der Waals surface area contributed by atoms with Gasteiger partial charge in [0.2, 0.25) is 17.7 Å². The summed E-state index contributed by atoms with van der Waals surface area (Å²) >= 11 is 0. The maximum Gasteiger partial charge on any atom is 0.324 e. The van der Waals surface area contributed by atoms with E-state index in [-0.39, 0.29) is 55.7 Å². The zero-order valence-corrected chi connectivity index (χ0v) is 39.3. The number of carbonyl (C=O) groups excluding carboxylic acids is 5. The summed E-state index contributed by atoms with van der Waals surface area (Å²) in [5.41, 5.74) is 9.96. The van der Waals surface area contributed by atoms with E-state index in [1.54, 1.807) is 31.2 Å². The number of benzene rings is 2. The molecular formula is C50H64N8O8. The molecule has 5 atom stereocenters. The van der Waals surface area contributed by atoms with Gasteiger partial charge in [0.15, 0.2) is 0 Å². The molecule has 0 spiro atoms. The summed E-state index contributed by atoms with van der Waals surface area (Å²) in [6.07, 6.45) is 5.86. The number of likely N-dealkylation sites (tertiary alicyclic amines) is 1. The molecule has 66 heavy (non-hydrogen) atoms. The Morgan fingerprint density at radius 3 is 2.61 bits per heavy atom. The molecular weight excluding hydrogens is 841 g/mol. The molecule has 0 radical (unpaired) electrons. The van der Waals surface area contributed by atoms with Gasteiger partial charge in [-0.1, -0.05) is 46.4 Å². The molecule has 4 aromatic rings. The van der Waals surface area contributed by atoms with Crippen LogP contribution in [0, 0.1) is 17.3 Å². The number of nitrogens with zero attached hydrogens (tertiary/aromatic N) is 6. The fourth-order valence-electron chi connectivity index (χ4n) is 10.6. The van der Waals surface area contributed by atoms with Crippen LogP contribution in [0.5, 0.6) is 5.75 Å². The minimum absolute atomic E-state index is 0.00549. The van der Waals surface area contributed by atoms with E-state index in [2.05, 4.69) is 54.8 Å². The SMILES string of the molecule is C=CC(=O)N1CC[C@H](C(=O)N(C)C(C(=O)N[C@H]2Cc3cc(O)cc(c3)-c3ccc4c(c3)c(c(-c3cnn5c3[C@@H](OC)CC5)n4CC)CC(C)(C)COC(=O)[C@@H]3CCCN(N3)C2=O)C(C)C)C1. The average molecular weight is 905 g/mol. The Kier molecular flexibility index (Phi) is 13.2. The quantitative estimate of drug-likeness (QED) is 0.150. The second-order valence-electron chi connectivity index (χ2n) is 19.5. The number of rotatable bonds is 9. The predicted octanol–water partition coefficient (Wildman–Crippen LogP) is 5.15. The molecule has 2 aromatic heterocycles. The number of fused-ring (bicyclic) bond motifs is 7. The van der Waals surface area contributed by atoms with Crippen molar-refractivity contribution in [1.82, 2.24) is 39.9 Å². The fraction of sp³-hybridized carbons (Fsp3) is 0.520. The normalized spacial score (nSPS) is 22.5. The monoisotopic (exact) mass is 904 g/mol. The Morgan fingerprint density at radius 2 is 1.88 bits per heavy atom. The number of hydrazine groups is 1. The number of methoxy groups -OCH3 is 1. The van der Waals surface area contributed by atoms with Crippen molar-refractivity contribution in [3.8, 4) is 28.1 Å².